The molecule has 1 N–H and O–H groups in total. The lowest BCUT2D eigenvalue weighted by Gasteiger charge is -2.17. The summed E-state index contributed by atoms with van der Waals surface area (Å²) in [4.78, 5) is 5.50. The molecule has 0 aromatic carbocycles. The molecule has 0 radical (unpaired) electrons. The quantitative estimate of drug-likeness (QED) is 0.862. The molecule has 2 rings (SSSR count). The number of aromatic nitrogens is 1. The maximum atomic E-state index is 5.98. The summed E-state index contributed by atoms with van der Waals surface area (Å²) < 4.78 is 0.852. The van der Waals surface area contributed by atoms with Gasteiger partial charge in [0.15, 0.2) is 0 Å². The summed E-state index contributed by atoms with van der Waals surface area (Å²) in [6.45, 7) is 3.19. The fourth-order valence-electron chi connectivity index (χ4n) is 1.87. The minimum atomic E-state index is 0.313. The van der Waals surface area contributed by atoms with Crippen LogP contribution in [0.25, 0.3) is 0 Å². The molecule has 2 nitrogen and oxygen atoms in total. The number of rotatable bonds is 6. The molecular weight excluding hydrogens is 264 g/mol. The van der Waals surface area contributed by atoms with Gasteiger partial charge in [-0.05, 0) is 36.7 Å². The van der Waals surface area contributed by atoms with Crippen molar-refractivity contribution in [3.05, 3.63) is 51.4 Å². The Morgan fingerprint density at radius 2 is 2.28 bits per heavy atom. The summed E-state index contributed by atoms with van der Waals surface area (Å²) in [6.07, 6.45) is 5.83. The van der Waals surface area contributed by atoms with Gasteiger partial charge in [0, 0.05) is 29.7 Å². The lowest BCUT2D eigenvalue weighted by molar-refractivity contribution is 0.531. The van der Waals surface area contributed by atoms with E-state index in [2.05, 4.69) is 29.4 Å². The Bertz CT molecular complexity index is 470. The van der Waals surface area contributed by atoms with Gasteiger partial charge >= 0.3 is 0 Å². The van der Waals surface area contributed by atoms with E-state index in [9.17, 15) is 0 Å². The molecule has 0 spiro atoms. The molecule has 2 aromatic heterocycles. The first-order valence-electron chi connectivity index (χ1n) is 6.17. The lowest BCUT2D eigenvalue weighted by Crippen LogP contribution is -2.23. The standard InChI is InChI=1S/C14H17ClN2S/c1-2-7-17-13(11-4-3-8-16-10-11)9-12-5-6-14(15)18-12/h3-6,8,10,13,17H,2,7,9H2,1H3. The maximum Gasteiger partial charge on any atom is 0.0931 e. The third kappa shape index (κ3) is 3.80. The SMILES string of the molecule is CCCNC(Cc1ccc(Cl)s1)c1cccnc1. The zero-order valence-corrected chi connectivity index (χ0v) is 12.0. The Morgan fingerprint density at radius 3 is 2.89 bits per heavy atom. The highest BCUT2D eigenvalue weighted by Crippen LogP contribution is 2.26. The molecule has 2 heterocycles. The van der Waals surface area contributed by atoms with Crippen LogP contribution in [0.3, 0.4) is 0 Å². The van der Waals surface area contributed by atoms with Gasteiger partial charge in [-0.2, -0.15) is 0 Å². The molecule has 96 valence electrons. The number of nitrogens with zero attached hydrogens (tertiary/aromatic N) is 1. The van der Waals surface area contributed by atoms with Crippen LogP contribution in [0.2, 0.25) is 4.34 Å². The Morgan fingerprint density at radius 1 is 1.39 bits per heavy atom. The second kappa shape index (κ2) is 6.88. The first-order valence-corrected chi connectivity index (χ1v) is 7.36. The summed E-state index contributed by atoms with van der Waals surface area (Å²) >= 11 is 7.63. The second-order valence-corrected chi connectivity index (χ2v) is 6.00. The first kappa shape index (κ1) is 13.5. The summed E-state index contributed by atoms with van der Waals surface area (Å²) in [6, 6.07) is 8.48. The molecule has 0 aliphatic heterocycles. The zero-order chi connectivity index (χ0) is 12.8. The predicted molar refractivity (Wildman–Crippen MR) is 78.3 cm³/mol. The fraction of sp³-hybridized carbons (Fsp3) is 0.357. The van der Waals surface area contributed by atoms with Crippen LogP contribution < -0.4 is 5.32 Å². The van der Waals surface area contributed by atoms with Crippen LogP contribution in [0.1, 0.15) is 29.8 Å². The van der Waals surface area contributed by atoms with Crippen LogP contribution in [0.4, 0.5) is 0 Å². The van der Waals surface area contributed by atoms with Gasteiger partial charge < -0.3 is 5.32 Å². The lowest BCUT2D eigenvalue weighted by atomic mass is 10.0. The van der Waals surface area contributed by atoms with E-state index in [-0.39, 0.29) is 0 Å². The average molecular weight is 281 g/mol. The van der Waals surface area contributed by atoms with E-state index in [0.29, 0.717) is 6.04 Å². The normalized spacial score (nSPS) is 12.6. The van der Waals surface area contributed by atoms with E-state index in [0.717, 1.165) is 23.7 Å². The molecule has 1 atom stereocenters. The van der Waals surface area contributed by atoms with Gasteiger partial charge in [-0.3, -0.25) is 4.98 Å². The van der Waals surface area contributed by atoms with E-state index in [1.807, 2.05) is 24.5 Å². The minimum Gasteiger partial charge on any atom is -0.310 e. The molecule has 18 heavy (non-hydrogen) atoms. The molecule has 0 aliphatic rings. The van der Waals surface area contributed by atoms with E-state index in [4.69, 9.17) is 11.6 Å². The summed E-state index contributed by atoms with van der Waals surface area (Å²) in [5, 5.41) is 3.57. The minimum absolute atomic E-state index is 0.313. The molecule has 0 amide bonds. The van der Waals surface area contributed by atoms with Crippen molar-refractivity contribution in [2.24, 2.45) is 0 Å². The fourth-order valence-corrected chi connectivity index (χ4v) is 3.00. The van der Waals surface area contributed by atoms with Gasteiger partial charge in [0.05, 0.1) is 4.34 Å². The van der Waals surface area contributed by atoms with Crippen LogP contribution in [0.15, 0.2) is 36.7 Å². The topological polar surface area (TPSA) is 24.9 Å². The van der Waals surface area contributed by atoms with Crippen molar-refractivity contribution in [1.82, 2.24) is 10.3 Å². The Labute approximate surface area is 117 Å². The number of pyridine rings is 1. The number of nitrogens with one attached hydrogen (secondary N) is 1. The van der Waals surface area contributed by atoms with Crippen molar-refractivity contribution in [1.29, 1.82) is 0 Å². The zero-order valence-electron chi connectivity index (χ0n) is 10.4. The Kier molecular flexibility index (Phi) is 5.17. The van der Waals surface area contributed by atoms with Gasteiger partial charge in [-0.25, -0.2) is 0 Å². The molecule has 4 heteroatoms. The highest BCUT2D eigenvalue weighted by Gasteiger charge is 2.12. The summed E-state index contributed by atoms with van der Waals surface area (Å²) in [5.41, 5.74) is 1.23. The maximum absolute atomic E-state index is 5.98. The van der Waals surface area contributed by atoms with Crippen LogP contribution in [-0.4, -0.2) is 11.5 Å². The van der Waals surface area contributed by atoms with Crippen molar-refractivity contribution < 1.29 is 0 Å². The van der Waals surface area contributed by atoms with E-state index < -0.39 is 0 Å². The van der Waals surface area contributed by atoms with E-state index >= 15 is 0 Å². The largest absolute Gasteiger partial charge is 0.310 e. The van der Waals surface area contributed by atoms with Crippen molar-refractivity contribution in [3.63, 3.8) is 0 Å². The van der Waals surface area contributed by atoms with Gasteiger partial charge in [0.25, 0.3) is 0 Å². The highest BCUT2D eigenvalue weighted by molar-refractivity contribution is 7.16. The highest BCUT2D eigenvalue weighted by atomic mass is 35.5. The summed E-state index contributed by atoms with van der Waals surface area (Å²) in [5.74, 6) is 0. The van der Waals surface area contributed by atoms with E-state index in [1.165, 1.54) is 10.4 Å². The van der Waals surface area contributed by atoms with E-state index in [1.54, 1.807) is 11.3 Å². The molecule has 2 aromatic rings. The second-order valence-electron chi connectivity index (χ2n) is 4.20. The van der Waals surface area contributed by atoms with Crippen molar-refractivity contribution in [2.75, 3.05) is 6.54 Å². The van der Waals surface area contributed by atoms with Crippen LogP contribution >= 0.6 is 22.9 Å². The van der Waals surface area contributed by atoms with Gasteiger partial charge in [0.2, 0.25) is 0 Å². The molecule has 0 bridgehead atoms. The monoisotopic (exact) mass is 280 g/mol. The van der Waals surface area contributed by atoms with Crippen molar-refractivity contribution in [3.8, 4) is 0 Å². The predicted octanol–water partition coefficient (Wildman–Crippen LogP) is 4.08. The molecule has 0 saturated carbocycles. The molecule has 1 unspecified atom stereocenters. The molecule has 0 aliphatic carbocycles. The number of hydrogen-bond donors (Lipinski definition) is 1. The smallest absolute Gasteiger partial charge is 0.0931 e. The number of thiophene rings is 1. The first-order chi connectivity index (χ1) is 8.79. The van der Waals surface area contributed by atoms with Crippen molar-refractivity contribution >= 4 is 22.9 Å². The van der Waals surface area contributed by atoms with Gasteiger partial charge in [0.1, 0.15) is 0 Å². The number of hydrogen-bond acceptors (Lipinski definition) is 3. The van der Waals surface area contributed by atoms with Crippen LogP contribution in [0, 0.1) is 0 Å². The molecule has 0 saturated heterocycles. The van der Waals surface area contributed by atoms with Gasteiger partial charge in [-0.15, -0.1) is 11.3 Å². The third-order valence-corrected chi connectivity index (χ3v) is 4.02. The summed E-state index contributed by atoms with van der Waals surface area (Å²) in [7, 11) is 0. The third-order valence-electron chi connectivity index (χ3n) is 2.76. The van der Waals surface area contributed by atoms with Crippen LogP contribution in [-0.2, 0) is 6.42 Å². The average Bonchev–Trinajstić information content (AvgIpc) is 2.81. The molecule has 0 fully saturated rings. The Balaban J connectivity index is 2.10. The van der Waals surface area contributed by atoms with Crippen LogP contribution in [0.5, 0.6) is 0 Å². The Hall–Kier alpha value is -0.900. The molecular formula is C14H17ClN2S. The van der Waals surface area contributed by atoms with Gasteiger partial charge in [-0.1, -0.05) is 24.6 Å². The number of halogens is 1. The van der Waals surface area contributed by atoms with Crippen molar-refractivity contribution in [2.45, 2.75) is 25.8 Å².